The first-order valence-electron chi connectivity index (χ1n) is 22.6. The van der Waals surface area contributed by atoms with Gasteiger partial charge in [-0.15, -0.1) is 0 Å². The minimum Gasteiger partial charge on any atom is -0.310 e. The highest BCUT2D eigenvalue weighted by Crippen LogP contribution is 2.42. The van der Waals surface area contributed by atoms with Crippen LogP contribution >= 0.6 is 0 Å². The molecule has 0 amide bonds. The molecule has 0 fully saturated rings. The van der Waals surface area contributed by atoms with Crippen LogP contribution in [0.3, 0.4) is 0 Å². The van der Waals surface area contributed by atoms with Crippen LogP contribution in [-0.2, 0) is 6.42 Å². The van der Waals surface area contributed by atoms with E-state index in [0.717, 1.165) is 23.5 Å². The molecular weight excluding hydrogens is 761 g/mol. The summed E-state index contributed by atoms with van der Waals surface area (Å²) < 4.78 is 2.44. The van der Waals surface area contributed by atoms with E-state index in [1.807, 2.05) is 0 Å². The summed E-state index contributed by atoms with van der Waals surface area (Å²) in [7, 11) is 0. The number of hydrogen-bond acceptors (Lipinski definition) is 1. The van der Waals surface area contributed by atoms with E-state index in [2.05, 4.69) is 229 Å². The van der Waals surface area contributed by atoms with Gasteiger partial charge in [-0.05, 0) is 136 Å². The van der Waals surface area contributed by atoms with Crippen molar-refractivity contribution in [3.8, 4) is 44.5 Å². The first-order chi connectivity index (χ1) is 31.1. The molecule has 2 nitrogen and oxygen atoms in total. The summed E-state index contributed by atoms with van der Waals surface area (Å²) in [5, 5.41) is 5.22. The molecule has 2 aromatic heterocycles. The lowest BCUT2D eigenvalue weighted by atomic mass is 9.96. The van der Waals surface area contributed by atoms with Crippen LogP contribution in [0.2, 0.25) is 0 Å². The van der Waals surface area contributed by atoms with Crippen LogP contribution in [-0.4, -0.2) is 4.40 Å². The Balaban J connectivity index is 0.831. The first-order valence-corrected chi connectivity index (χ1v) is 22.6. The minimum absolute atomic E-state index is 1.13. The molecule has 2 heteroatoms. The lowest BCUT2D eigenvalue weighted by molar-refractivity contribution is 0.667. The summed E-state index contributed by atoms with van der Waals surface area (Å²) in [5.74, 6) is 0. The Morgan fingerprint density at radius 2 is 0.810 bits per heavy atom. The molecule has 11 aromatic rings. The Morgan fingerprint density at radius 1 is 0.365 bits per heavy atom. The lowest BCUT2D eigenvalue weighted by Gasteiger charge is -2.26. The number of nitrogens with zero attached hydrogens (tertiary/aromatic N) is 2. The summed E-state index contributed by atoms with van der Waals surface area (Å²) in [6, 6.07) is 76.3. The van der Waals surface area contributed by atoms with Crippen LogP contribution < -0.4 is 4.90 Å². The molecule has 0 spiro atoms. The van der Waals surface area contributed by atoms with Gasteiger partial charge in [0.15, 0.2) is 0 Å². The molecular formula is C61H50N2. The van der Waals surface area contributed by atoms with Crippen LogP contribution in [0, 0.1) is 6.92 Å². The maximum Gasteiger partial charge on any atom is 0.0620 e. The molecule has 0 atom stereocenters. The summed E-state index contributed by atoms with van der Waals surface area (Å²) >= 11 is 0. The largest absolute Gasteiger partial charge is 0.310 e. The van der Waals surface area contributed by atoms with Gasteiger partial charge in [-0.3, -0.25) is 0 Å². The number of hydrogen-bond donors (Lipinski definition) is 0. The van der Waals surface area contributed by atoms with Gasteiger partial charge in [0, 0.05) is 38.6 Å². The number of unbranched alkanes of at least 4 members (excludes halogenated alkanes) is 3. The molecule has 0 radical (unpaired) electrons. The van der Waals surface area contributed by atoms with Crippen LogP contribution in [0.1, 0.15) is 43.7 Å². The molecule has 0 saturated heterocycles. The van der Waals surface area contributed by atoms with Crippen molar-refractivity contribution >= 4 is 55.2 Å². The predicted octanol–water partition coefficient (Wildman–Crippen LogP) is 17.4. The minimum atomic E-state index is 1.13. The van der Waals surface area contributed by atoms with Crippen LogP contribution in [0.15, 0.2) is 206 Å². The number of rotatable bonds is 12. The molecule has 0 saturated carbocycles. The van der Waals surface area contributed by atoms with Gasteiger partial charge in [0.2, 0.25) is 0 Å². The van der Waals surface area contributed by atoms with Crippen molar-refractivity contribution in [2.45, 2.75) is 46.0 Å². The maximum atomic E-state index is 2.44. The quantitative estimate of drug-likeness (QED) is 0.112. The van der Waals surface area contributed by atoms with Gasteiger partial charge in [0.25, 0.3) is 0 Å². The second-order valence-electron chi connectivity index (χ2n) is 17.2. The second kappa shape index (κ2) is 16.5. The standard InChI is InChI=1S/C61H50N2/c1-3-4-5-6-13-43-19-21-44(22-20-43)48-31-35-52(36-32-48)62(54-14-11-12-42(2)39-54)53-37-33-49(34-38-53)47-25-23-45(24-26-47)46-27-29-50(30-28-46)51-40-57-55-15-7-9-17-59(55)63-60-18-10-8-16-56(60)58(41-51)61(57)63/h7-12,14-41H,3-6,13H2,1-2H3. The molecule has 9 aromatic carbocycles. The third kappa shape index (κ3) is 7.22. The zero-order valence-electron chi connectivity index (χ0n) is 36.1. The third-order valence-electron chi connectivity index (χ3n) is 13.1. The Hall–Kier alpha value is -7.42. The van der Waals surface area contributed by atoms with Crippen molar-refractivity contribution in [3.05, 3.63) is 217 Å². The van der Waals surface area contributed by atoms with E-state index in [4.69, 9.17) is 0 Å². The van der Waals surface area contributed by atoms with E-state index in [-0.39, 0.29) is 0 Å². The average molecular weight is 811 g/mol. The van der Waals surface area contributed by atoms with E-state index in [0.29, 0.717) is 0 Å². The lowest BCUT2D eigenvalue weighted by Crippen LogP contribution is -2.10. The highest BCUT2D eigenvalue weighted by Gasteiger charge is 2.19. The van der Waals surface area contributed by atoms with E-state index in [9.17, 15) is 0 Å². The summed E-state index contributed by atoms with van der Waals surface area (Å²) in [5.41, 5.74) is 19.7. The molecule has 2 heterocycles. The fraction of sp³-hybridized carbons (Fsp3) is 0.115. The number of aromatic nitrogens is 1. The zero-order valence-corrected chi connectivity index (χ0v) is 36.1. The Bertz CT molecular complexity index is 3250. The van der Waals surface area contributed by atoms with Crippen molar-refractivity contribution < 1.29 is 0 Å². The normalized spacial score (nSPS) is 11.7. The maximum absolute atomic E-state index is 2.44. The zero-order chi connectivity index (χ0) is 42.3. The Kier molecular flexibility index (Phi) is 10.1. The van der Waals surface area contributed by atoms with Crippen molar-refractivity contribution in [2.24, 2.45) is 0 Å². The van der Waals surface area contributed by atoms with Crippen LogP contribution in [0.5, 0.6) is 0 Å². The molecule has 0 bridgehead atoms. The molecule has 0 N–H and O–H groups in total. The van der Waals surface area contributed by atoms with Crippen LogP contribution in [0.4, 0.5) is 17.1 Å². The van der Waals surface area contributed by atoms with Gasteiger partial charge in [-0.25, -0.2) is 0 Å². The van der Waals surface area contributed by atoms with Crippen molar-refractivity contribution in [1.29, 1.82) is 0 Å². The third-order valence-corrected chi connectivity index (χ3v) is 13.1. The molecule has 0 aliphatic heterocycles. The monoisotopic (exact) mass is 810 g/mol. The number of aryl methyl sites for hydroxylation is 2. The first kappa shape index (κ1) is 38.5. The highest BCUT2D eigenvalue weighted by atomic mass is 15.1. The van der Waals surface area contributed by atoms with Gasteiger partial charge < -0.3 is 9.30 Å². The van der Waals surface area contributed by atoms with E-state index in [1.165, 1.54) is 119 Å². The highest BCUT2D eigenvalue weighted by molar-refractivity contribution is 6.24. The van der Waals surface area contributed by atoms with Gasteiger partial charge >= 0.3 is 0 Å². The molecule has 0 aliphatic rings. The Labute approximate surface area is 370 Å². The van der Waals surface area contributed by atoms with Gasteiger partial charge in [-0.1, -0.05) is 172 Å². The number of fused-ring (bicyclic) bond motifs is 6. The molecule has 0 aliphatic carbocycles. The summed E-state index contributed by atoms with van der Waals surface area (Å²) in [4.78, 5) is 2.36. The van der Waals surface area contributed by atoms with E-state index < -0.39 is 0 Å². The molecule has 304 valence electrons. The molecule has 63 heavy (non-hydrogen) atoms. The topological polar surface area (TPSA) is 7.65 Å². The van der Waals surface area contributed by atoms with E-state index >= 15 is 0 Å². The predicted molar refractivity (Wildman–Crippen MR) is 270 cm³/mol. The van der Waals surface area contributed by atoms with E-state index in [1.54, 1.807) is 0 Å². The number of benzene rings is 9. The SMILES string of the molecule is CCCCCCc1ccc(-c2ccc(N(c3ccc(-c4ccc(-c5ccc(-c6cc7c8ccccc8n8c9ccccc9c(c6)c78)cc5)cc4)cc3)c3cccc(C)c3)cc2)cc1. The summed E-state index contributed by atoms with van der Waals surface area (Å²) in [6.07, 6.45) is 6.34. The van der Waals surface area contributed by atoms with Crippen molar-refractivity contribution in [2.75, 3.05) is 4.90 Å². The van der Waals surface area contributed by atoms with Gasteiger partial charge in [-0.2, -0.15) is 0 Å². The van der Waals surface area contributed by atoms with Gasteiger partial charge in [0.05, 0.1) is 16.6 Å². The van der Waals surface area contributed by atoms with Crippen LogP contribution in [0.25, 0.3) is 82.6 Å². The fourth-order valence-corrected chi connectivity index (χ4v) is 9.77. The van der Waals surface area contributed by atoms with Crippen molar-refractivity contribution in [1.82, 2.24) is 4.40 Å². The number of para-hydroxylation sites is 2. The molecule has 0 unspecified atom stereocenters. The fourth-order valence-electron chi connectivity index (χ4n) is 9.77. The smallest absolute Gasteiger partial charge is 0.0620 e. The Morgan fingerprint density at radius 3 is 1.29 bits per heavy atom. The second-order valence-corrected chi connectivity index (χ2v) is 17.2. The number of anilines is 3. The van der Waals surface area contributed by atoms with Crippen molar-refractivity contribution in [3.63, 3.8) is 0 Å². The summed E-state index contributed by atoms with van der Waals surface area (Å²) in [6.45, 7) is 4.43. The molecule has 11 rings (SSSR count). The van der Waals surface area contributed by atoms with Gasteiger partial charge in [0.1, 0.15) is 0 Å². The average Bonchev–Trinajstić information content (AvgIpc) is 3.86.